The standard InChI is InChI=1S/C14H17FN2OS/c15-9-6-7-10-12(8-9)17(14(19)16-10)11-4-2-1-3-5-13(11)18/h6-8,11,13,18H,1-5H2,(H,16,19). The van der Waals surface area contributed by atoms with E-state index in [0.29, 0.717) is 4.77 Å². The van der Waals surface area contributed by atoms with Gasteiger partial charge in [0.2, 0.25) is 0 Å². The molecule has 5 heteroatoms. The topological polar surface area (TPSA) is 41.0 Å². The number of nitrogens with zero attached hydrogens (tertiary/aromatic N) is 1. The number of H-pyrrole nitrogens is 1. The third kappa shape index (κ3) is 2.32. The summed E-state index contributed by atoms with van der Waals surface area (Å²) in [5.74, 6) is -0.279. The van der Waals surface area contributed by atoms with Crippen molar-refractivity contribution < 1.29 is 9.50 Å². The molecule has 2 atom stereocenters. The average molecular weight is 280 g/mol. The van der Waals surface area contributed by atoms with Gasteiger partial charge in [-0.25, -0.2) is 4.39 Å². The molecule has 1 aliphatic carbocycles. The van der Waals surface area contributed by atoms with Gasteiger partial charge in [-0.05, 0) is 43.3 Å². The Morgan fingerprint density at radius 3 is 2.89 bits per heavy atom. The minimum absolute atomic E-state index is 0.0504. The van der Waals surface area contributed by atoms with Crippen LogP contribution in [0.2, 0.25) is 0 Å². The summed E-state index contributed by atoms with van der Waals surface area (Å²) >= 11 is 5.35. The van der Waals surface area contributed by atoms with Crippen LogP contribution < -0.4 is 0 Å². The highest BCUT2D eigenvalue weighted by molar-refractivity contribution is 7.71. The van der Waals surface area contributed by atoms with E-state index in [1.807, 2.05) is 4.57 Å². The van der Waals surface area contributed by atoms with Gasteiger partial charge in [0.25, 0.3) is 0 Å². The lowest BCUT2D eigenvalue weighted by Gasteiger charge is -2.22. The smallest absolute Gasteiger partial charge is 0.178 e. The zero-order chi connectivity index (χ0) is 13.4. The minimum Gasteiger partial charge on any atom is -0.391 e. The summed E-state index contributed by atoms with van der Waals surface area (Å²) in [5, 5.41) is 10.3. The van der Waals surface area contributed by atoms with Crippen molar-refractivity contribution in [3.05, 3.63) is 28.8 Å². The third-order valence-corrected chi connectivity index (χ3v) is 4.25. The largest absolute Gasteiger partial charge is 0.391 e. The van der Waals surface area contributed by atoms with Gasteiger partial charge in [-0.15, -0.1) is 0 Å². The summed E-state index contributed by atoms with van der Waals surface area (Å²) in [6, 6.07) is 4.55. The predicted molar refractivity (Wildman–Crippen MR) is 75.2 cm³/mol. The maximum absolute atomic E-state index is 13.4. The number of fused-ring (bicyclic) bond motifs is 1. The van der Waals surface area contributed by atoms with E-state index in [1.165, 1.54) is 12.1 Å². The van der Waals surface area contributed by atoms with Gasteiger partial charge >= 0.3 is 0 Å². The van der Waals surface area contributed by atoms with Gasteiger partial charge < -0.3 is 14.7 Å². The molecular formula is C14H17FN2OS. The maximum atomic E-state index is 13.4. The molecule has 2 aromatic rings. The molecule has 0 bridgehead atoms. The molecule has 1 heterocycles. The molecule has 0 aliphatic heterocycles. The Morgan fingerprint density at radius 1 is 1.26 bits per heavy atom. The van der Waals surface area contributed by atoms with Crippen LogP contribution >= 0.6 is 12.2 Å². The van der Waals surface area contributed by atoms with Gasteiger partial charge in [0.1, 0.15) is 5.82 Å². The van der Waals surface area contributed by atoms with Gasteiger partial charge in [-0.2, -0.15) is 0 Å². The van der Waals surface area contributed by atoms with Gasteiger partial charge in [-0.3, -0.25) is 0 Å². The quantitative estimate of drug-likeness (QED) is 0.617. The van der Waals surface area contributed by atoms with E-state index in [0.717, 1.165) is 43.1 Å². The summed E-state index contributed by atoms with van der Waals surface area (Å²) in [6.07, 6.45) is 4.52. The zero-order valence-corrected chi connectivity index (χ0v) is 11.4. The van der Waals surface area contributed by atoms with Crippen LogP contribution in [0.5, 0.6) is 0 Å². The Bertz CT molecular complexity index is 648. The number of aliphatic hydroxyl groups excluding tert-OH is 1. The van der Waals surface area contributed by atoms with Crippen molar-refractivity contribution in [3.8, 4) is 0 Å². The van der Waals surface area contributed by atoms with Crippen LogP contribution in [0.1, 0.15) is 38.1 Å². The molecule has 19 heavy (non-hydrogen) atoms. The van der Waals surface area contributed by atoms with E-state index in [9.17, 15) is 9.50 Å². The highest BCUT2D eigenvalue weighted by Crippen LogP contribution is 2.31. The van der Waals surface area contributed by atoms with Crippen molar-refractivity contribution in [2.75, 3.05) is 0 Å². The molecule has 0 saturated heterocycles. The molecule has 1 aliphatic rings. The first-order valence-electron chi connectivity index (χ1n) is 6.74. The van der Waals surface area contributed by atoms with Gasteiger partial charge in [0.15, 0.2) is 4.77 Å². The second-order valence-corrected chi connectivity index (χ2v) is 5.62. The Kier molecular flexibility index (Phi) is 3.41. The fourth-order valence-electron chi connectivity index (χ4n) is 2.99. The van der Waals surface area contributed by atoms with Gasteiger partial charge in [0, 0.05) is 0 Å². The SMILES string of the molecule is OC1CCCCCC1n1c(=S)[nH]c2ccc(F)cc21. The highest BCUT2D eigenvalue weighted by atomic mass is 32.1. The summed E-state index contributed by atoms with van der Waals surface area (Å²) < 4.78 is 15.9. The van der Waals surface area contributed by atoms with Crippen LogP contribution in [-0.4, -0.2) is 20.8 Å². The average Bonchev–Trinajstić information content (AvgIpc) is 2.55. The molecule has 1 aromatic carbocycles. The van der Waals surface area contributed by atoms with E-state index in [1.54, 1.807) is 6.07 Å². The first kappa shape index (κ1) is 12.8. The summed E-state index contributed by atoms with van der Waals surface area (Å²) in [4.78, 5) is 3.09. The van der Waals surface area contributed by atoms with E-state index >= 15 is 0 Å². The molecule has 1 aromatic heterocycles. The number of nitrogens with one attached hydrogen (secondary N) is 1. The third-order valence-electron chi connectivity index (χ3n) is 3.96. The second-order valence-electron chi connectivity index (χ2n) is 5.23. The van der Waals surface area contributed by atoms with Crippen LogP contribution in [0.3, 0.4) is 0 Å². The van der Waals surface area contributed by atoms with Crippen molar-refractivity contribution in [1.82, 2.24) is 9.55 Å². The number of hydrogen-bond donors (Lipinski definition) is 2. The molecule has 3 nitrogen and oxygen atoms in total. The van der Waals surface area contributed by atoms with Crippen LogP contribution in [0.15, 0.2) is 18.2 Å². The highest BCUT2D eigenvalue weighted by Gasteiger charge is 2.25. The summed E-state index contributed by atoms with van der Waals surface area (Å²) in [7, 11) is 0. The lowest BCUT2D eigenvalue weighted by atomic mass is 10.1. The van der Waals surface area contributed by atoms with Crippen LogP contribution in [0, 0.1) is 10.6 Å². The molecular weight excluding hydrogens is 263 g/mol. The Hall–Kier alpha value is -1.20. The Morgan fingerprint density at radius 2 is 2.05 bits per heavy atom. The van der Waals surface area contributed by atoms with Crippen LogP contribution in [0.4, 0.5) is 4.39 Å². The van der Waals surface area contributed by atoms with Gasteiger partial charge in [-0.1, -0.05) is 19.3 Å². The Labute approximate surface area is 116 Å². The number of benzene rings is 1. The Balaban J connectivity index is 2.15. The number of aromatic amines is 1. The molecule has 1 saturated carbocycles. The number of aromatic nitrogens is 2. The number of imidazole rings is 1. The minimum atomic E-state index is -0.406. The van der Waals surface area contributed by atoms with Crippen molar-refractivity contribution in [2.24, 2.45) is 0 Å². The van der Waals surface area contributed by atoms with Gasteiger partial charge in [0.05, 0.1) is 23.2 Å². The predicted octanol–water partition coefficient (Wildman–Crippen LogP) is 3.70. The zero-order valence-electron chi connectivity index (χ0n) is 10.6. The second kappa shape index (κ2) is 5.06. The summed E-state index contributed by atoms with van der Waals surface area (Å²) in [5.41, 5.74) is 1.57. The fraction of sp³-hybridized carbons (Fsp3) is 0.500. The molecule has 1 fully saturated rings. The monoisotopic (exact) mass is 280 g/mol. The molecule has 102 valence electrons. The van der Waals surface area contributed by atoms with Crippen molar-refractivity contribution in [2.45, 2.75) is 44.2 Å². The first-order valence-corrected chi connectivity index (χ1v) is 7.15. The van der Waals surface area contributed by atoms with Crippen LogP contribution in [0.25, 0.3) is 11.0 Å². The first-order chi connectivity index (χ1) is 9.16. The lowest BCUT2D eigenvalue weighted by Crippen LogP contribution is -2.23. The van der Waals surface area contributed by atoms with Crippen molar-refractivity contribution >= 4 is 23.3 Å². The van der Waals surface area contributed by atoms with E-state index in [4.69, 9.17) is 12.2 Å². The molecule has 2 unspecified atom stereocenters. The van der Waals surface area contributed by atoms with E-state index in [2.05, 4.69) is 4.98 Å². The van der Waals surface area contributed by atoms with Crippen LogP contribution in [-0.2, 0) is 0 Å². The molecule has 3 rings (SSSR count). The molecule has 0 amide bonds. The maximum Gasteiger partial charge on any atom is 0.178 e. The molecule has 0 spiro atoms. The molecule has 2 N–H and O–H groups in total. The van der Waals surface area contributed by atoms with Crippen molar-refractivity contribution in [1.29, 1.82) is 0 Å². The van der Waals surface area contributed by atoms with E-state index in [-0.39, 0.29) is 11.9 Å². The number of halogens is 1. The van der Waals surface area contributed by atoms with Crippen molar-refractivity contribution in [3.63, 3.8) is 0 Å². The lowest BCUT2D eigenvalue weighted by molar-refractivity contribution is 0.107. The fourth-order valence-corrected chi connectivity index (χ4v) is 3.34. The number of rotatable bonds is 1. The number of hydrogen-bond acceptors (Lipinski definition) is 2. The summed E-state index contributed by atoms with van der Waals surface area (Å²) in [6.45, 7) is 0. The molecule has 0 radical (unpaired) electrons. The van der Waals surface area contributed by atoms with E-state index < -0.39 is 6.10 Å². The number of aliphatic hydroxyl groups is 1. The normalized spacial score (nSPS) is 24.5.